The van der Waals surface area contributed by atoms with E-state index in [-0.39, 0.29) is 11.3 Å². The molecule has 0 saturated carbocycles. The second-order valence-electron chi connectivity index (χ2n) is 5.74. The Bertz CT molecular complexity index is 805. The minimum atomic E-state index is -0.745. The van der Waals surface area contributed by atoms with E-state index in [0.717, 1.165) is 6.20 Å². The second kappa shape index (κ2) is 9.75. The Hall–Kier alpha value is -2.84. The summed E-state index contributed by atoms with van der Waals surface area (Å²) in [5.41, 5.74) is 12.6. The summed E-state index contributed by atoms with van der Waals surface area (Å²) in [4.78, 5) is 21.2. The molecule has 2 rings (SSSR count). The van der Waals surface area contributed by atoms with Crippen LogP contribution in [0.25, 0.3) is 0 Å². The van der Waals surface area contributed by atoms with Gasteiger partial charge in [0.15, 0.2) is 6.29 Å². The molecule has 0 aromatic heterocycles. The van der Waals surface area contributed by atoms with E-state index in [1.807, 2.05) is 6.92 Å². The van der Waals surface area contributed by atoms with Crippen LogP contribution in [0, 0.1) is 5.82 Å². The first kappa shape index (κ1) is 20.5. The van der Waals surface area contributed by atoms with Gasteiger partial charge in [-0.05, 0) is 38.1 Å². The van der Waals surface area contributed by atoms with Crippen LogP contribution >= 0.6 is 0 Å². The third-order valence-electron chi connectivity index (χ3n) is 3.56. The van der Waals surface area contributed by atoms with Crippen molar-refractivity contribution in [2.45, 2.75) is 20.1 Å². The largest absolute Gasteiger partial charge is 0.404 e. The third kappa shape index (κ3) is 5.57. The SMILES string of the molecule is CCN=CC(=CN)C(=O)C(C=C(C)N)=Nc1ccc(F)cc1C1OCCO1. The van der Waals surface area contributed by atoms with Crippen molar-refractivity contribution in [1.82, 2.24) is 0 Å². The number of benzene rings is 1. The van der Waals surface area contributed by atoms with Crippen molar-refractivity contribution in [3.8, 4) is 0 Å². The monoisotopic (exact) mass is 374 g/mol. The number of nitrogens with two attached hydrogens (primary N) is 2. The fourth-order valence-electron chi connectivity index (χ4n) is 2.36. The van der Waals surface area contributed by atoms with Gasteiger partial charge < -0.3 is 20.9 Å². The number of aliphatic imine (C=N–C) groups is 2. The van der Waals surface area contributed by atoms with Crippen LogP contribution in [-0.2, 0) is 14.3 Å². The molecule has 1 saturated heterocycles. The van der Waals surface area contributed by atoms with Gasteiger partial charge in [0.1, 0.15) is 11.5 Å². The molecule has 7 nitrogen and oxygen atoms in total. The molecule has 0 aliphatic carbocycles. The van der Waals surface area contributed by atoms with Crippen LogP contribution < -0.4 is 11.5 Å². The van der Waals surface area contributed by atoms with E-state index >= 15 is 0 Å². The first-order valence-electron chi connectivity index (χ1n) is 8.47. The van der Waals surface area contributed by atoms with E-state index in [2.05, 4.69) is 9.98 Å². The number of rotatable bonds is 7. The lowest BCUT2D eigenvalue weighted by atomic mass is 10.1. The molecule has 8 heteroatoms. The van der Waals surface area contributed by atoms with Crippen LogP contribution in [-0.4, -0.2) is 37.5 Å². The smallest absolute Gasteiger partial charge is 0.214 e. The summed E-state index contributed by atoms with van der Waals surface area (Å²) in [7, 11) is 0. The molecule has 1 fully saturated rings. The number of hydrogen-bond acceptors (Lipinski definition) is 7. The van der Waals surface area contributed by atoms with E-state index in [0.29, 0.717) is 36.7 Å². The molecule has 1 aromatic carbocycles. The standard InChI is InChI=1S/C19H23FN4O3/c1-3-23-11-13(10-21)18(25)17(8-12(2)22)24-16-5-4-14(20)9-15(16)19-26-6-7-27-19/h4-5,8-11,19H,3,6-7,21-22H2,1-2H3. The lowest BCUT2D eigenvalue weighted by Gasteiger charge is -2.13. The number of hydrogen-bond donors (Lipinski definition) is 2. The number of ketones is 1. The Labute approximate surface area is 157 Å². The summed E-state index contributed by atoms with van der Waals surface area (Å²) < 4.78 is 24.6. The van der Waals surface area contributed by atoms with Gasteiger partial charge in [-0.2, -0.15) is 0 Å². The van der Waals surface area contributed by atoms with Crippen molar-refractivity contribution in [3.05, 3.63) is 53.1 Å². The zero-order valence-corrected chi connectivity index (χ0v) is 15.3. The molecule has 144 valence electrons. The molecule has 1 aromatic rings. The zero-order chi connectivity index (χ0) is 19.8. The molecular formula is C19H23FN4O3. The van der Waals surface area contributed by atoms with Crippen molar-refractivity contribution in [2.24, 2.45) is 21.5 Å². The quantitative estimate of drug-likeness (QED) is 0.562. The summed E-state index contributed by atoms with van der Waals surface area (Å²) in [6, 6.07) is 3.97. The summed E-state index contributed by atoms with van der Waals surface area (Å²) in [5, 5.41) is 0. The highest BCUT2D eigenvalue weighted by Gasteiger charge is 2.23. The van der Waals surface area contributed by atoms with Crippen LogP contribution in [0.15, 0.2) is 51.7 Å². The van der Waals surface area contributed by atoms with E-state index in [9.17, 15) is 9.18 Å². The highest BCUT2D eigenvalue weighted by molar-refractivity contribution is 6.53. The lowest BCUT2D eigenvalue weighted by Crippen LogP contribution is -2.18. The summed E-state index contributed by atoms with van der Waals surface area (Å²) >= 11 is 0. The third-order valence-corrected chi connectivity index (χ3v) is 3.56. The van der Waals surface area contributed by atoms with E-state index in [4.69, 9.17) is 20.9 Å². The average Bonchev–Trinajstić information content (AvgIpc) is 3.17. The summed E-state index contributed by atoms with van der Waals surface area (Å²) in [6.45, 7) is 4.75. The first-order valence-corrected chi connectivity index (χ1v) is 8.47. The summed E-state index contributed by atoms with van der Waals surface area (Å²) in [6.07, 6.45) is 3.22. The molecule has 0 unspecified atom stereocenters. The Kier molecular flexibility index (Phi) is 7.39. The number of nitrogens with zero attached hydrogens (tertiary/aromatic N) is 2. The van der Waals surface area contributed by atoms with Crippen molar-refractivity contribution in [2.75, 3.05) is 19.8 Å². The van der Waals surface area contributed by atoms with Gasteiger partial charge in [-0.15, -0.1) is 0 Å². The molecule has 0 amide bonds. The molecule has 0 bridgehead atoms. The summed E-state index contributed by atoms with van der Waals surface area (Å²) in [5.74, 6) is -0.915. The fourth-order valence-corrected chi connectivity index (χ4v) is 2.36. The zero-order valence-electron chi connectivity index (χ0n) is 15.3. The predicted octanol–water partition coefficient (Wildman–Crippen LogP) is 2.31. The maximum absolute atomic E-state index is 13.7. The van der Waals surface area contributed by atoms with E-state index in [1.165, 1.54) is 30.5 Å². The van der Waals surface area contributed by atoms with Gasteiger partial charge >= 0.3 is 0 Å². The Balaban J connectivity index is 2.51. The van der Waals surface area contributed by atoms with Gasteiger partial charge in [0.05, 0.1) is 24.5 Å². The van der Waals surface area contributed by atoms with Crippen LogP contribution in [0.3, 0.4) is 0 Å². The maximum atomic E-state index is 13.7. The van der Waals surface area contributed by atoms with Crippen LogP contribution in [0.4, 0.5) is 10.1 Å². The first-order chi connectivity index (χ1) is 13.0. The van der Waals surface area contributed by atoms with Crippen LogP contribution in [0.2, 0.25) is 0 Å². The van der Waals surface area contributed by atoms with Gasteiger partial charge in [-0.1, -0.05) is 0 Å². The predicted molar refractivity (Wildman–Crippen MR) is 102 cm³/mol. The number of halogens is 1. The van der Waals surface area contributed by atoms with Crippen molar-refractivity contribution < 1.29 is 18.7 Å². The number of allylic oxidation sites excluding steroid dienone is 3. The Morgan fingerprint density at radius 1 is 1.37 bits per heavy atom. The Morgan fingerprint density at radius 2 is 2.07 bits per heavy atom. The highest BCUT2D eigenvalue weighted by atomic mass is 19.1. The van der Waals surface area contributed by atoms with Crippen LogP contribution in [0.1, 0.15) is 25.7 Å². The molecule has 0 spiro atoms. The average molecular weight is 374 g/mol. The van der Waals surface area contributed by atoms with Crippen molar-refractivity contribution in [1.29, 1.82) is 0 Å². The molecular weight excluding hydrogens is 351 g/mol. The second-order valence-corrected chi connectivity index (χ2v) is 5.74. The molecule has 27 heavy (non-hydrogen) atoms. The molecule has 1 heterocycles. The molecule has 1 aliphatic rings. The van der Waals surface area contributed by atoms with E-state index < -0.39 is 17.9 Å². The van der Waals surface area contributed by atoms with E-state index in [1.54, 1.807) is 6.92 Å². The normalized spacial score (nSPS) is 17.1. The molecule has 1 aliphatic heterocycles. The molecule has 0 radical (unpaired) electrons. The number of ether oxygens (including phenoxy) is 2. The minimum absolute atomic E-state index is 0.0418. The van der Waals surface area contributed by atoms with Gasteiger partial charge in [0.25, 0.3) is 0 Å². The lowest BCUT2D eigenvalue weighted by molar-refractivity contribution is -0.109. The van der Waals surface area contributed by atoms with Gasteiger partial charge in [0, 0.05) is 30.2 Å². The molecule has 4 N–H and O–H groups in total. The van der Waals surface area contributed by atoms with Crippen molar-refractivity contribution >= 4 is 23.4 Å². The maximum Gasteiger partial charge on any atom is 0.214 e. The van der Waals surface area contributed by atoms with Crippen molar-refractivity contribution in [3.63, 3.8) is 0 Å². The fraction of sp³-hybridized carbons (Fsp3) is 0.316. The minimum Gasteiger partial charge on any atom is -0.404 e. The molecule has 0 atom stereocenters. The van der Waals surface area contributed by atoms with Gasteiger partial charge in [-0.25, -0.2) is 9.38 Å². The van der Waals surface area contributed by atoms with Gasteiger partial charge in [-0.3, -0.25) is 9.79 Å². The van der Waals surface area contributed by atoms with Crippen LogP contribution in [0.5, 0.6) is 0 Å². The highest BCUT2D eigenvalue weighted by Crippen LogP contribution is 2.32. The number of carbonyl (C=O) groups is 1. The number of Topliss-reactive ketones (excluding diaryl/α,β-unsaturated/α-hetero) is 1. The number of carbonyl (C=O) groups excluding carboxylic acids is 1. The van der Waals surface area contributed by atoms with Gasteiger partial charge in [0.2, 0.25) is 5.78 Å². The Morgan fingerprint density at radius 3 is 2.67 bits per heavy atom. The topological polar surface area (TPSA) is 112 Å².